The molecule has 3 aromatic rings. The molecular formula is C42H49N9O13. The number of nitrogens with one attached hydrogen (secondary N) is 7. The number of pyridine rings is 1. The third-order valence-electron chi connectivity index (χ3n) is 9.92. The summed E-state index contributed by atoms with van der Waals surface area (Å²) < 4.78 is 0. The van der Waals surface area contributed by atoms with Crippen molar-refractivity contribution in [2.75, 3.05) is 18.5 Å². The Kier molecular flexibility index (Phi) is 18.2. The summed E-state index contributed by atoms with van der Waals surface area (Å²) in [6, 6.07) is 8.93. The van der Waals surface area contributed by atoms with Gasteiger partial charge in [0.1, 0.15) is 23.9 Å². The number of nitrogens with zero attached hydrogens (tertiary/aromatic N) is 1. The van der Waals surface area contributed by atoms with Crippen molar-refractivity contribution in [2.45, 2.75) is 75.5 Å². The maximum absolute atomic E-state index is 13.6. The number of hydrogen-bond acceptors (Lipinski definition) is 12. The second-order valence-corrected chi connectivity index (χ2v) is 14.6. The lowest BCUT2D eigenvalue weighted by atomic mass is 9.96. The van der Waals surface area contributed by atoms with Crippen LogP contribution in [0.1, 0.15) is 60.9 Å². The quantitative estimate of drug-likeness (QED) is 0.0253. The molecule has 1 aliphatic rings. The molecule has 4 atom stereocenters. The number of aliphatic carboxylic acids is 4. The van der Waals surface area contributed by atoms with E-state index in [1.807, 2.05) is 42.5 Å². The number of hydrogen-bond donors (Lipinski definition) is 12. The van der Waals surface area contributed by atoms with Gasteiger partial charge in [-0.2, -0.15) is 0 Å². The predicted octanol–water partition coefficient (Wildman–Crippen LogP) is 0.551. The molecule has 0 saturated heterocycles. The standard InChI is InChI=1S/C42H49N9O13/c43-51-32-16-14-28(22-45-32)36(55)50-34(41(62)63)38(57)46-21-23-8-12-26(13-9-23)35(54)47-31(20-24-10-11-25-5-1-2-6-27(25)19-24)37(56)44-18-4-3-7-29(39(58)59)48-42(64)49-30(40(60)61)15-17-33(52)53/h1-2,5-6,8,10-12,14,16,19,22,29-31,34H,3-4,7,9,13,15,17-18,20-21,43H2,(H,44,56)(H,45,51)(H,46,57)(H,47,54)(H,50,55)(H,52,53)(H,58,59)(H,60,61)(H,62,63)(H2,48,49,64). The minimum Gasteiger partial charge on any atom is -0.481 e. The maximum Gasteiger partial charge on any atom is 0.336 e. The van der Waals surface area contributed by atoms with Crippen molar-refractivity contribution < 1.29 is 63.6 Å². The van der Waals surface area contributed by atoms with E-state index in [1.165, 1.54) is 18.2 Å². The summed E-state index contributed by atoms with van der Waals surface area (Å²) in [6.07, 6.45) is 4.33. The summed E-state index contributed by atoms with van der Waals surface area (Å²) in [6.45, 7) is -0.00691. The third-order valence-corrected chi connectivity index (χ3v) is 9.92. The number of aromatic nitrogens is 1. The number of carbonyl (C=O) groups is 9. The van der Waals surface area contributed by atoms with Crippen molar-refractivity contribution in [2.24, 2.45) is 5.84 Å². The molecule has 4 rings (SSSR count). The first kappa shape index (κ1) is 48.8. The minimum absolute atomic E-state index is 0.00436. The van der Waals surface area contributed by atoms with E-state index in [9.17, 15) is 58.5 Å². The number of carbonyl (C=O) groups excluding carboxylic acids is 5. The summed E-state index contributed by atoms with van der Waals surface area (Å²) >= 11 is 0. The van der Waals surface area contributed by atoms with Gasteiger partial charge in [0.2, 0.25) is 17.9 Å². The maximum atomic E-state index is 13.6. The molecule has 2 aromatic carbocycles. The molecule has 1 heterocycles. The summed E-state index contributed by atoms with van der Waals surface area (Å²) in [5.74, 6) is -3.10. The number of carboxylic acid groups (broad SMARTS) is 4. The van der Waals surface area contributed by atoms with Crippen molar-refractivity contribution in [3.63, 3.8) is 0 Å². The number of anilines is 1. The number of nitrogen functional groups attached to an aromatic ring is 1. The number of fused-ring (bicyclic) bond motifs is 1. The van der Waals surface area contributed by atoms with E-state index in [1.54, 1.807) is 6.08 Å². The number of allylic oxidation sites excluding steroid dienone is 2. The molecule has 0 saturated carbocycles. The number of urea groups is 1. The normalized spacial score (nSPS) is 13.9. The highest BCUT2D eigenvalue weighted by Gasteiger charge is 2.30. The molecular weight excluding hydrogens is 839 g/mol. The summed E-state index contributed by atoms with van der Waals surface area (Å²) in [5, 5.41) is 53.7. The molecule has 1 aliphatic carbocycles. The average Bonchev–Trinajstić information content (AvgIpc) is 3.27. The lowest BCUT2D eigenvalue weighted by Gasteiger charge is -2.22. The molecule has 340 valence electrons. The SMILES string of the molecule is NNc1ccc(C(=O)NC(C(=O)O)C(=O)NCC2=CC=C(C(=O)NC(Cc3ccc4ccccc4c3)C(=O)NCCCCC(NC(=O)NC(CCC(=O)O)C(=O)O)C(=O)O)CC2)cn1. The zero-order chi connectivity index (χ0) is 46.8. The van der Waals surface area contributed by atoms with E-state index in [-0.39, 0.29) is 56.6 Å². The van der Waals surface area contributed by atoms with Crippen LogP contribution < -0.4 is 43.2 Å². The highest BCUT2D eigenvalue weighted by Crippen LogP contribution is 2.20. The molecule has 13 N–H and O–H groups in total. The first-order chi connectivity index (χ1) is 30.5. The van der Waals surface area contributed by atoms with Crippen LogP contribution in [0.4, 0.5) is 10.6 Å². The van der Waals surface area contributed by atoms with E-state index < -0.39 is 90.5 Å². The number of nitrogens with two attached hydrogens (primary N) is 1. The Morgan fingerprint density at radius 1 is 0.672 bits per heavy atom. The van der Waals surface area contributed by atoms with Gasteiger partial charge in [-0.1, -0.05) is 60.2 Å². The van der Waals surface area contributed by atoms with E-state index in [0.717, 1.165) is 22.5 Å². The second-order valence-electron chi connectivity index (χ2n) is 14.6. The van der Waals surface area contributed by atoms with Crippen molar-refractivity contribution >= 4 is 70.1 Å². The Hall–Kier alpha value is -7.88. The Labute approximate surface area is 365 Å². The van der Waals surface area contributed by atoms with Crippen LogP contribution in [0.5, 0.6) is 0 Å². The van der Waals surface area contributed by atoms with Crippen molar-refractivity contribution in [1.82, 2.24) is 36.9 Å². The number of benzene rings is 2. The van der Waals surface area contributed by atoms with Crippen LogP contribution in [-0.2, 0) is 40.0 Å². The molecule has 0 bridgehead atoms. The highest BCUT2D eigenvalue weighted by molar-refractivity contribution is 6.07. The Balaban J connectivity index is 1.34. The van der Waals surface area contributed by atoms with E-state index in [0.29, 0.717) is 17.6 Å². The Morgan fingerprint density at radius 3 is 1.98 bits per heavy atom. The van der Waals surface area contributed by atoms with Gasteiger partial charge in [-0.3, -0.25) is 24.0 Å². The van der Waals surface area contributed by atoms with Gasteiger partial charge < -0.3 is 57.8 Å². The molecule has 22 heteroatoms. The van der Waals surface area contributed by atoms with Gasteiger partial charge in [-0.25, -0.2) is 30.0 Å². The van der Waals surface area contributed by atoms with Gasteiger partial charge in [0.15, 0.2) is 0 Å². The summed E-state index contributed by atoms with van der Waals surface area (Å²) in [5.41, 5.74) is 4.03. The zero-order valence-corrected chi connectivity index (χ0v) is 34.3. The minimum atomic E-state index is -1.91. The lowest BCUT2D eigenvalue weighted by Crippen LogP contribution is -2.51. The molecule has 0 spiro atoms. The molecule has 64 heavy (non-hydrogen) atoms. The monoisotopic (exact) mass is 887 g/mol. The Bertz CT molecular complexity index is 2300. The summed E-state index contributed by atoms with van der Waals surface area (Å²) in [7, 11) is 0. The first-order valence-electron chi connectivity index (χ1n) is 20.0. The molecule has 0 aliphatic heterocycles. The molecule has 6 amide bonds. The fraction of sp³-hybridized carbons (Fsp3) is 0.333. The zero-order valence-electron chi connectivity index (χ0n) is 34.3. The van der Waals surface area contributed by atoms with E-state index >= 15 is 0 Å². The third kappa shape index (κ3) is 15.2. The van der Waals surface area contributed by atoms with Crippen LogP contribution in [0, 0.1) is 0 Å². The molecule has 4 unspecified atom stereocenters. The van der Waals surface area contributed by atoms with Gasteiger partial charge in [0.05, 0.1) is 5.56 Å². The number of carboxylic acids is 4. The van der Waals surface area contributed by atoms with Crippen molar-refractivity contribution in [1.29, 1.82) is 0 Å². The molecule has 1 aromatic heterocycles. The van der Waals surface area contributed by atoms with Crippen LogP contribution in [-0.4, -0.2) is 116 Å². The van der Waals surface area contributed by atoms with Gasteiger partial charge >= 0.3 is 29.9 Å². The molecule has 0 fully saturated rings. The summed E-state index contributed by atoms with van der Waals surface area (Å²) in [4.78, 5) is 115. The van der Waals surface area contributed by atoms with Crippen LogP contribution in [0.15, 0.2) is 84.1 Å². The van der Waals surface area contributed by atoms with Crippen LogP contribution >= 0.6 is 0 Å². The lowest BCUT2D eigenvalue weighted by molar-refractivity contribution is -0.144. The van der Waals surface area contributed by atoms with Crippen LogP contribution in [0.25, 0.3) is 10.8 Å². The van der Waals surface area contributed by atoms with Crippen molar-refractivity contribution in [3.8, 4) is 0 Å². The number of hydrazine groups is 1. The van der Waals surface area contributed by atoms with E-state index in [2.05, 4.69) is 42.3 Å². The van der Waals surface area contributed by atoms with Gasteiger partial charge in [-0.05, 0) is 67.0 Å². The largest absolute Gasteiger partial charge is 0.481 e. The fourth-order valence-electron chi connectivity index (χ4n) is 6.40. The van der Waals surface area contributed by atoms with Gasteiger partial charge in [-0.15, -0.1) is 0 Å². The topological polar surface area (TPSA) is 358 Å². The smallest absolute Gasteiger partial charge is 0.336 e. The first-order valence-corrected chi connectivity index (χ1v) is 20.0. The second kappa shape index (κ2) is 23.9. The number of unbranched alkanes of at least 4 members (excludes halogenated alkanes) is 1. The predicted molar refractivity (Wildman–Crippen MR) is 227 cm³/mol. The number of amides is 6. The van der Waals surface area contributed by atoms with Gasteiger partial charge in [0.25, 0.3) is 11.8 Å². The van der Waals surface area contributed by atoms with Crippen LogP contribution in [0.3, 0.4) is 0 Å². The highest BCUT2D eigenvalue weighted by atomic mass is 16.4. The number of rotatable bonds is 24. The molecule has 22 nitrogen and oxygen atoms in total. The van der Waals surface area contributed by atoms with E-state index in [4.69, 9.17) is 10.9 Å². The fourth-order valence-corrected chi connectivity index (χ4v) is 6.40. The van der Waals surface area contributed by atoms with Crippen molar-refractivity contribution in [3.05, 3.63) is 95.2 Å². The molecule has 0 radical (unpaired) electrons. The average molecular weight is 888 g/mol. The van der Waals surface area contributed by atoms with Gasteiger partial charge in [0, 0.05) is 37.7 Å². The Morgan fingerprint density at radius 2 is 1.38 bits per heavy atom. The van der Waals surface area contributed by atoms with Crippen LogP contribution in [0.2, 0.25) is 0 Å².